The highest BCUT2D eigenvalue weighted by Crippen LogP contribution is 2.64. The van der Waals surface area contributed by atoms with Gasteiger partial charge in [0.1, 0.15) is 0 Å². The number of hydrogen-bond donors (Lipinski definition) is 0. The molecule has 1 saturated heterocycles. The standard InChI is InChI=1S/C16H19ClF3N/c17-7-1-8-21-9-6-15(11-21)10-14(15)12-2-4-13(5-3-12)16(18,19)20/h2-5,14H,1,6-11H2. The fourth-order valence-corrected chi connectivity index (χ4v) is 3.75. The van der Waals surface area contributed by atoms with E-state index in [9.17, 15) is 13.2 Å². The van der Waals surface area contributed by atoms with Crippen LogP contribution in [0.5, 0.6) is 0 Å². The fraction of sp³-hybridized carbons (Fsp3) is 0.625. The van der Waals surface area contributed by atoms with Crippen LogP contribution >= 0.6 is 11.6 Å². The third-order valence-electron chi connectivity index (χ3n) is 4.90. The Bertz CT molecular complexity index is 499. The minimum atomic E-state index is -4.24. The molecule has 0 aromatic heterocycles. The first-order valence-electron chi connectivity index (χ1n) is 7.40. The molecular formula is C16H19ClF3N. The van der Waals surface area contributed by atoms with Crippen LogP contribution in [0, 0.1) is 5.41 Å². The lowest BCUT2D eigenvalue weighted by Crippen LogP contribution is -2.22. The molecule has 5 heteroatoms. The lowest BCUT2D eigenvalue weighted by atomic mass is 9.97. The van der Waals surface area contributed by atoms with E-state index in [1.54, 1.807) is 12.1 Å². The maximum atomic E-state index is 12.6. The number of benzene rings is 1. The molecule has 1 aliphatic heterocycles. The monoisotopic (exact) mass is 317 g/mol. The van der Waals surface area contributed by atoms with Crippen molar-refractivity contribution in [1.29, 1.82) is 0 Å². The van der Waals surface area contributed by atoms with Crippen LogP contribution in [0.3, 0.4) is 0 Å². The smallest absolute Gasteiger partial charge is 0.303 e. The zero-order valence-corrected chi connectivity index (χ0v) is 12.6. The van der Waals surface area contributed by atoms with E-state index in [1.165, 1.54) is 12.1 Å². The summed E-state index contributed by atoms with van der Waals surface area (Å²) in [6, 6.07) is 5.73. The average Bonchev–Trinajstić information content (AvgIpc) is 2.99. The van der Waals surface area contributed by atoms with Crippen LogP contribution in [-0.4, -0.2) is 30.4 Å². The third-order valence-corrected chi connectivity index (χ3v) is 5.17. The van der Waals surface area contributed by atoms with Gasteiger partial charge < -0.3 is 4.90 Å². The van der Waals surface area contributed by atoms with Crippen LogP contribution in [0.2, 0.25) is 0 Å². The molecule has 1 heterocycles. The summed E-state index contributed by atoms with van der Waals surface area (Å²) < 4.78 is 37.7. The Morgan fingerprint density at radius 1 is 1.24 bits per heavy atom. The summed E-state index contributed by atoms with van der Waals surface area (Å²) in [5.41, 5.74) is 0.810. The normalized spacial score (nSPS) is 29.2. The van der Waals surface area contributed by atoms with Gasteiger partial charge in [0.05, 0.1) is 5.56 Å². The zero-order chi connectivity index (χ0) is 15.1. The van der Waals surface area contributed by atoms with Crippen molar-refractivity contribution in [2.45, 2.75) is 31.4 Å². The molecule has 0 radical (unpaired) electrons. The van der Waals surface area contributed by atoms with Crippen molar-refractivity contribution in [3.8, 4) is 0 Å². The second-order valence-electron chi connectivity index (χ2n) is 6.31. The number of halogens is 4. The lowest BCUT2D eigenvalue weighted by Gasteiger charge is -2.15. The van der Waals surface area contributed by atoms with E-state index in [1.807, 2.05) is 0 Å². The van der Waals surface area contributed by atoms with Crippen LogP contribution < -0.4 is 0 Å². The minimum absolute atomic E-state index is 0.312. The fourth-order valence-electron chi connectivity index (χ4n) is 3.63. The van der Waals surface area contributed by atoms with Gasteiger partial charge in [-0.25, -0.2) is 0 Å². The van der Waals surface area contributed by atoms with E-state index in [2.05, 4.69) is 4.90 Å². The summed E-state index contributed by atoms with van der Waals surface area (Å²) in [4.78, 5) is 2.44. The van der Waals surface area contributed by atoms with E-state index in [0.717, 1.165) is 44.5 Å². The number of likely N-dealkylation sites (tertiary alicyclic amines) is 1. The van der Waals surface area contributed by atoms with Crippen molar-refractivity contribution in [2.24, 2.45) is 5.41 Å². The second-order valence-corrected chi connectivity index (χ2v) is 6.69. The molecule has 1 saturated carbocycles. The predicted octanol–water partition coefficient (Wildman–Crippen LogP) is 4.51. The SMILES string of the molecule is FC(F)(F)c1ccc(C2CC23CCN(CCCCl)C3)cc1. The van der Waals surface area contributed by atoms with Crippen LogP contribution in [0.25, 0.3) is 0 Å². The van der Waals surface area contributed by atoms with Crippen LogP contribution in [-0.2, 0) is 6.18 Å². The van der Waals surface area contributed by atoms with Gasteiger partial charge in [-0.15, -0.1) is 11.6 Å². The minimum Gasteiger partial charge on any atom is -0.303 e. The van der Waals surface area contributed by atoms with Crippen LogP contribution in [0.15, 0.2) is 24.3 Å². The molecule has 2 unspecified atom stereocenters. The molecule has 1 aliphatic carbocycles. The van der Waals surface area contributed by atoms with Crippen LogP contribution in [0.1, 0.15) is 36.3 Å². The number of hydrogen-bond acceptors (Lipinski definition) is 1. The average molecular weight is 318 g/mol. The Kier molecular flexibility index (Phi) is 3.95. The Labute approximate surface area is 128 Å². The van der Waals surface area contributed by atoms with Gasteiger partial charge in [0.2, 0.25) is 0 Å². The Morgan fingerprint density at radius 3 is 2.57 bits per heavy atom. The maximum Gasteiger partial charge on any atom is 0.416 e. The topological polar surface area (TPSA) is 3.24 Å². The highest BCUT2D eigenvalue weighted by molar-refractivity contribution is 6.17. The van der Waals surface area contributed by atoms with E-state index in [4.69, 9.17) is 11.6 Å². The molecule has 3 rings (SSSR count). The molecule has 21 heavy (non-hydrogen) atoms. The Hall–Kier alpha value is -0.740. The van der Waals surface area contributed by atoms with Crippen molar-refractivity contribution in [2.75, 3.05) is 25.5 Å². The molecule has 1 nitrogen and oxygen atoms in total. The lowest BCUT2D eigenvalue weighted by molar-refractivity contribution is -0.137. The molecule has 2 atom stereocenters. The molecule has 0 bridgehead atoms. The third kappa shape index (κ3) is 3.07. The van der Waals surface area contributed by atoms with Gasteiger partial charge in [-0.3, -0.25) is 0 Å². The maximum absolute atomic E-state index is 12.6. The molecule has 2 aliphatic rings. The molecule has 1 aromatic carbocycles. The van der Waals surface area contributed by atoms with E-state index in [0.29, 0.717) is 17.2 Å². The summed E-state index contributed by atoms with van der Waals surface area (Å²) in [6.07, 6.45) is -0.981. The van der Waals surface area contributed by atoms with E-state index in [-0.39, 0.29) is 0 Å². The molecule has 0 N–H and O–H groups in total. The first-order valence-corrected chi connectivity index (χ1v) is 7.94. The van der Waals surface area contributed by atoms with Gasteiger partial charge in [-0.1, -0.05) is 12.1 Å². The number of alkyl halides is 4. The zero-order valence-electron chi connectivity index (χ0n) is 11.8. The first-order chi connectivity index (χ1) is 9.94. The van der Waals surface area contributed by atoms with Gasteiger partial charge in [0.15, 0.2) is 0 Å². The molecule has 1 aromatic rings. The second kappa shape index (κ2) is 5.47. The molecule has 0 amide bonds. The van der Waals surface area contributed by atoms with Crippen LogP contribution in [0.4, 0.5) is 13.2 Å². The molecule has 2 fully saturated rings. The van der Waals surface area contributed by atoms with E-state index >= 15 is 0 Å². The van der Waals surface area contributed by atoms with Crippen molar-refractivity contribution in [3.05, 3.63) is 35.4 Å². The highest BCUT2D eigenvalue weighted by atomic mass is 35.5. The number of nitrogens with zero attached hydrogens (tertiary/aromatic N) is 1. The van der Waals surface area contributed by atoms with Gasteiger partial charge in [0, 0.05) is 12.4 Å². The van der Waals surface area contributed by atoms with Gasteiger partial charge in [-0.2, -0.15) is 13.2 Å². The van der Waals surface area contributed by atoms with E-state index < -0.39 is 11.7 Å². The van der Waals surface area contributed by atoms with Gasteiger partial charge >= 0.3 is 6.18 Å². The Morgan fingerprint density at radius 2 is 1.95 bits per heavy atom. The van der Waals surface area contributed by atoms with Crippen molar-refractivity contribution < 1.29 is 13.2 Å². The van der Waals surface area contributed by atoms with Crippen molar-refractivity contribution in [3.63, 3.8) is 0 Å². The quantitative estimate of drug-likeness (QED) is 0.738. The number of rotatable bonds is 4. The summed E-state index contributed by atoms with van der Waals surface area (Å²) in [5.74, 6) is 1.12. The summed E-state index contributed by atoms with van der Waals surface area (Å²) in [7, 11) is 0. The van der Waals surface area contributed by atoms with Crippen molar-refractivity contribution in [1.82, 2.24) is 4.90 Å². The largest absolute Gasteiger partial charge is 0.416 e. The Balaban J connectivity index is 1.63. The molecular weight excluding hydrogens is 299 g/mol. The highest BCUT2D eigenvalue weighted by Gasteiger charge is 2.57. The first kappa shape index (κ1) is 15.2. The summed E-state index contributed by atoms with van der Waals surface area (Å²) in [6.45, 7) is 3.19. The van der Waals surface area contributed by atoms with Crippen molar-refractivity contribution >= 4 is 11.6 Å². The molecule has 116 valence electrons. The summed E-state index contributed by atoms with van der Waals surface area (Å²) >= 11 is 5.72. The molecule has 1 spiro atoms. The summed E-state index contributed by atoms with van der Waals surface area (Å²) in [5, 5.41) is 0. The van der Waals surface area contributed by atoms with Gasteiger partial charge in [-0.05, 0) is 61.4 Å². The predicted molar refractivity (Wildman–Crippen MR) is 77.6 cm³/mol. The van der Waals surface area contributed by atoms with Gasteiger partial charge in [0.25, 0.3) is 0 Å².